The molecule has 5 nitrogen and oxygen atoms in total. The second kappa shape index (κ2) is 7.68. The Kier molecular flexibility index (Phi) is 5.37. The number of nitrogens with two attached hydrogens (primary N) is 1. The van der Waals surface area contributed by atoms with E-state index in [-0.39, 0.29) is 6.04 Å². The van der Waals surface area contributed by atoms with E-state index in [1.807, 2.05) is 24.3 Å². The lowest BCUT2D eigenvalue weighted by Gasteiger charge is -2.33. The van der Waals surface area contributed by atoms with Gasteiger partial charge in [-0.05, 0) is 12.5 Å². The van der Waals surface area contributed by atoms with Crippen molar-refractivity contribution in [1.82, 2.24) is 0 Å². The fraction of sp³-hybridized carbons (Fsp3) is 0.389. The zero-order valence-electron chi connectivity index (χ0n) is 13.7. The quantitative estimate of drug-likeness (QED) is 0.873. The van der Waals surface area contributed by atoms with E-state index in [1.165, 1.54) is 16.9 Å². The van der Waals surface area contributed by atoms with Crippen molar-refractivity contribution in [3.8, 4) is 5.75 Å². The molecule has 6 heteroatoms. The number of carbonyl (C=O) groups excluding carboxylic acids is 1. The number of thiophene rings is 1. The van der Waals surface area contributed by atoms with Crippen LogP contribution >= 0.6 is 11.3 Å². The van der Waals surface area contributed by atoms with Gasteiger partial charge < -0.3 is 20.1 Å². The van der Waals surface area contributed by atoms with E-state index in [4.69, 9.17) is 15.2 Å². The number of ether oxygens (including phenoxy) is 2. The van der Waals surface area contributed by atoms with Crippen molar-refractivity contribution in [3.05, 3.63) is 46.8 Å². The molecule has 24 heavy (non-hydrogen) atoms. The highest BCUT2D eigenvalue weighted by Crippen LogP contribution is 2.37. The maximum Gasteiger partial charge on any atom is 0.262 e. The Morgan fingerprint density at radius 2 is 2.21 bits per heavy atom. The number of rotatable bonds is 6. The summed E-state index contributed by atoms with van der Waals surface area (Å²) in [5.74, 6) is 0.138. The molecule has 0 spiro atoms. The molecule has 1 saturated heterocycles. The van der Waals surface area contributed by atoms with Crippen molar-refractivity contribution in [3.63, 3.8) is 0 Å². The van der Waals surface area contributed by atoms with E-state index in [1.54, 1.807) is 0 Å². The summed E-state index contributed by atoms with van der Waals surface area (Å²) in [4.78, 5) is 14.5. The number of benzene rings is 1. The molecule has 2 N–H and O–H groups in total. The molecule has 0 aliphatic carbocycles. The average molecular weight is 346 g/mol. The van der Waals surface area contributed by atoms with Crippen LogP contribution in [0.5, 0.6) is 5.75 Å². The molecular weight excluding hydrogens is 324 g/mol. The third-order valence-corrected chi connectivity index (χ3v) is 5.22. The highest BCUT2D eigenvalue weighted by Gasteiger charge is 2.24. The Balaban J connectivity index is 1.70. The summed E-state index contributed by atoms with van der Waals surface area (Å²) in [6, 6.07) is 12.3. The highest BCUT2D eigenvalue weighted by atomic mass is 32.1. The second-order valence-corrected chi connectivity index (χ2v) is 6.87. The first-order valence-corrected chi connectivity index (χ1v) is 8.91. The summed E-state index contributed by atoms with van der Waals surface area (Å²) >= 11 is 1.39. The van der Waals surface area contributed by atoms with Gasteiger partial charge in [-0.25, -0.2) is 0 Å². The number of anilines is 1. The van der Waals surface area contributed by atoms with Crippen LogP contribution in [0.4, 0.5) is 5.00 Å². The maximum absolute atomic E-state index is 11.7. The summed E-state index contributed by atoms with van der Waals surface area (Å²) < 4.78 is 11.3. The Labute approximate surface area is 146 Å². The monoisotopic (exact) mass is 346 g/mol. The predicted octanol–water partition coefficient (Wildman–Crippen LogP) is 2.69. The molecule has 1 aliphatic rings. The van der Waals surface area contributed by atoms with Crippen LogP contribution < -0.4 is 15.4 Å². The SMILES string of the molecule is CC1COCCN1c1cc(OCCc2ccccc2)c(C(N)=O)s1. The molecule has 1 atom stereocenters. The summed E-state index contributed by atoms with van der Waals surface area (Å²) in [5, 5.41) is 1.01. The van der Waals surface area contributed by atoms with Crippen molar-refractivity contribution < 1.29 is 14.3 Å². The van der Waals surface area contributed by atoms with Gasteiger partial charge in [-0.3, -0.25) is 4.79 Å². The lowest BCUT2D eigenvalue weighted by Crippen LogP contribution is -2.43. The Morgan fingerprint density at radius 3 is 2.92 bits per heavy atom. The van der Waals surface area contributed by atoms with Crippen molar-refractivity contribution in [2.24, 2.45) is 5.73 Å². The number of nitrogens with zero attached hydrogens (tertiary/aromatic N) is 1. The third-order valence-electron chi connectivity index (χ3n) is 4.05. The predicted molar refractivity (Wildman–Crippen MR) is 96.1 cm³/mol. The summed E-state index contributed by atoms with van der Waals surface area (Å²) in [6.45, 7) is 4.81. The molecule has 2 aromatic rings. The molecule has 3 rings (SSSR count). The fourth-order valence-electron chi connectivity index (χ4n) is 2.76. The fourth-order valence-corrected chi connectivity index (χ4v) is 3.84. The molecule has 128 valence electrons. The molecule has 1 fully saturated rings. The van der Waals surface area contributed by atoms with E-state index in [0.29, 0.717) is 30.4 Å². The van der Waals surface area contributed by atoms with Crippen molar-refractivity contribution in [2.45, 2.75) is 19.4 Å². The number of carbonyl (C=O) groups is 1. The average Bonchev–Trinajstić information content (AvgIpc) is 3.00. The van der Waals surface area contributed by atoms with Crippen LogP contribution in [-0.2, 0) is 11.2 Å². The van der Waals surface area contributed by atoms with Crippen LogP contribution in [-0.4, -0.2) is 38.3 Å². The molecule has 0 saturated carbocycles. The third kappa shape index (κ3) is 3.88. The smallest absolute Gasteiger partial charge is 0.262 e. The van der Waals surface area contributed by atoms with Gasteiger partial charge in [0.05, 0.1) is 30.9 Å². The van der Waals surface area contributed by atoms with Gasteiger partial charge in [0.15, 0.2) is 0 Å². The van der Waals surface area contributed by atoms with E-state index in [0.717, 1.165) is 18.0 Å². The van der Waals surface area contributed by atoms with Crippen LogP contribution in [0.25, 0.3) is 0 Å². The van der Waals surface area contributed by atoms with E-state index in [2.05, 4.69) is 24.0 Å². The lowest BCUT2D eigenvalue weighted by molar-refractivity contribution is 0.0992. The van der Waals surface area contributed by atoms with Gasteiger partial charge >= 0.3 is 0 Å². The molecule has 1 aromatic heterocycles. The standard InChI is InChI=1S/C18H22N2O3S/c1-13-12-22-10-8-20(13)16-11-15(17(24-16)18(19)21)23-9-7-14-5-3-2-4-6-14/h2-6,11,13H,7-10,12H2,1H3,(H2,19,21). The summed E-state index contributed by atoms with van der Waals surface area (Å²) in [6.07, 6.45) is 0.790. The van der Waals surface area contributed by atoms with Gasteiger partial charge in [0.25, 0.3) is 5.91 Å². The summed E-state index contributed by atoms with van der Waals surface area (Å²) in [7, 11) is 0. The normalized spacial score (nSPS) is 17.7. The van der Waals surface area contributed by atoms with Gasteiger partial charge in [0.2, 0.25) is 0 Å². The molecular formula is C18H22N2O3S. The molecule has 1 aliphatic heterocycles. The number of hydrogen-bond acceptors (Lipinski definition) is 5. The van der Waals surface area contributed by atoms with Gasteiger partial charge in [0, 0.05) is 19.0 Å². The molecule has 1 aromatic carbocycles. The van der Waals surface area contributed by atoms with Gasteiger partial charge in [-0.15, -0.1) is 11.3 Å². The van der Waals surface area contributed by atoms with Crippen LogP contribution in [0, 0.1) is 0 Å². The van der Waals surface area contributed by atoms with Crippen molar-refractivity contribution in [1.29, 1.82) is 0 Å². The van der Waals surface area contributed by atoms with E-state index < -0.39 is 5.91 Å². The van der Waals surface area contributed by atoms with Gasteiger partial charge in [-0.2, -0.15) is 0 Å². The van der Waals surface area contributed by atoms with Crippen LogP contribution in [0.15, 0.2) is 36.4 Å². The first-order valence-electron chi connectivity index (χ1n) is 8.10. The van der Waals surface area contributed by atoms with Crippen molar-refractivity contribution >= 4 is 22.2 Å². The Hall–Kier alpha value is -2.05. The molecule has 0 radical (unpaired) electrons. The molecule has 0 bridgehead atoms. The van der Waals surface area contributed by atoms with Crippen LogP contribution in [0.3, 0.4) is 0 Å². The van der Waals surface area contributed by atoms with E-state index in [9.17, 15) is 4.79 Å². The number of morpholine rings is 1. The Morgan fingerprint density at radius 1 is 1.42 bits per heavy atom. The highest BCUT2D eigenvalue weighted by molar-refractivity contribution is 7.18. The minimum absolute atomic E-state index is 0.273. The largest absolute Gasteiger partial charge is 0.491 e. The number of amides is 1. The molecule has 2 heterocycles. The topological polar surface area (TPSA) is 64.8 Å². The van der Waals surface area contributed by atoms with Crippen molar-refractivity contribution in [2.75, 3.05) is 31.3 Å². The zero-order valence-corrected chi connectivity index (χ0v) is 14.6. The van der Waals surface area contributed by atoms with Gasteiger partial charge in [-0.1, -0.05) is 30.3 Å². The minimum atomic E-state index is -0.443. The first kappa shape index (κ1) is 16.8. The first-order chi connectivity index (χ1) is 11.6. The number of primary amides is 1. The molecule has 1 unspecified atom stereocenters. The van der Waals surface area contributed by atoms with Gasteiger partial charge in [0.1, 0.15) is 10.6 Å². The summed E-state index contributed by atoms with van der Waals surface area (Å²) in [5.41, 5.74) is 6.73. The maximum atomic E-state index is 11.7. The minimum Gasteiger partial charge on any atom is -0.491 e. The van der Waals surface area contributed by atoms with Crippen LogP contribution in [0.2, 0.25) is 0 Å². The second-order valence-electron chi connectivity index (χ2n) is 5.84. The molecule has 1 amide bonds. The van der Waals surface area contributed by atoms with E-state index >= 15 is 0 Å². The lowest BCUT2D eigenvalue weighted by atomic mass is 10.2. The zero-order chi connectivity index (χ0) is 16.9. The number of hydrogen-bond donors (Lipinski definition) is 1. The Bertz CT molecular complexity index is 687. The van der Waals surface area contributed by atoms with Crippen LogP contribution in [0.1, 0.15) is 22.2 Å².